The van der Waals surface area contributed by atoms with Gasteiger partial charge in [0.25, 0.3) is 0 Å². The van der Waals surface area contributed by atoms with Gasteiger partial charge < -0.3 is 10.6 Å². The maximum absolute atomic E-state index is 13.1. The summed E-state index contributed by atoms with van der Waals surface area (Å²) in [6, 6.07) is 12.4. The zero-order chi connectivity index (χ0) is 20.6. The summed E-state index contributed by atoms with van der Waals surface area (Å²) in [5.74, 6) is -0.298. The molecule has 2 aromatic rings. The van der Waals surface area contributed by atoms with E-state index in [9.17, 15) is 17.6 Å². The van der Waals surface area contributed by atoms with E-state index in [0.29, 0.717) is 26.1 Å². The Morgan fingerprint density at radius 1 is 1.00 bits per heavy atom. The molecule has 0 aliphatic heterocycles. The van der Waals surface area contributed by atoms with E-state index in [1.807, 2.05) is 0 Å². The van der Waals surface area contributed by atoms with Crippen molar-refractivity contribution >= 4 is 16.1 Å². The molecule has 0 atom stereocenters. The molecule has 8 heteroatoms. The number of nitrogens with zero attached hydrogens (tertiary/aromatic N) is 1. The predicted octanol–water partition coefficient (Wildman–Crippen LogP) is 2.90. The van der Waals surface area contributed by atoms with Crippen LogP contribution in [0.25, 0.3) is 0 Å². The highest BCUT2D eigenvalue weighted by Gasteiger charge is 2.21. The highest BCUT2D eigenvalue weighted by molar-refractivity contribution is 7.89. The van der Waals surface area contributed by atoms with Crippen LogP contribution in [0, 0.1) is 5.82 Å². The fourth-order valence-electron chi connectivity index (χ4n) is 2.75. The van der Waals surface area contributed by atoms with E-state index in [1.165, 1.54) is 16.4 Å². The van der Waals surface area contributed by atoms with Gasteiger partial charge in [0.05, 0.1) is 4.90 Å². The summed E-state index contributed by atoms with van der Waals surface area (Å²) >= 11 is 0. The van der Waals surface area contributed by atoms with Gasteiger partial charge in [0.1, 0.15) is 5.82 Å². The molecule has 0 spiro atoms. The molecular formula is C20H26FN3O3S. The van der Waals surface area contributed by atoms with Gasteiger partial charge in [-0.25, -0.2) is 17.6 Å². The van der Waals surface area contributed by atoms with Crippen LogP contribution in [0.5, 0.6) is 0 Å². The zero-order valence-corrected chi connectivity index (χ0v) is 16.9. The highest BCUT2D eigenvalue weighted by atomic mass is 32.2. The number of carbonyl (C=O) groups excluding carboxylic acids is 1. The summed E-state index contributed by atoms with van der Waals surface area (Å²) in [5.41, 5.74) is 1.60. The summed E-state index contributed by atoms with van der Waals surface area (Å²) in [6.45, 7) is 5.09. The molecule has 0 aliphatic carbocycles. The first-order valence-corrected chi connectivity index (χ1v) is 10.7. The van der Waals surface area contributed by atoms with Crippen LogP contribution in [0.3, 0.4) is 0 Å². The predicted molar refractivity (Wildman–Crippen MR) is 107 cm³/mol. The van der Waals surface area contributed by atoms with E-state index in [2.05, 4.69) is 10.6 Å². The lowest BCUT2D eigenvalue weighted by molar-refractivity contribution is 0.240. The average Bonchev–Trinajstić information content (AvgIpc) is 2.67. The third-order valence-electron chi connectivity index (χ3n) is 4.31. The maximum atomic E-state index is 13.1. The molecule has 2 amide bonds. The molecular weight excluding hydrogens is 381 g/mol. The van der Waals surface area contributed by atoms with Crippen molar-refractivity contribution in [2.75, 3.05) is 19.6 Å². The van der Waals surface area contributed by atoms with Crippen LogP contribution < -0.4 is 10.6 Å². The number of amides is 2. The van der Waals surface area contributed by atoms with Gasteiger partial charge in [-0.05, 0) is 41.8 Å². The number of hydrogen-bond acceptors (Lipinski definition) is 3. The lowest BCUT2D eigenvalue weighted by atomic mass is 10.1. The van der Waals surface area contributed by atoms with Gasteiger partial charge in [-0.1, -0.05) is 38.1 Å². The van der Waals surface area contributed by atoms with Crippen LogP contribution in [0.2, 0.25) is 0 Å². The smallest absolute Gasteiger partial charge is 0.315 e. The number of nitrogens with one attached hydrogen (secondary N) is 2. The van der Waals surface area contributed by atoms with Crippen molar-refractivity contribution < 1.29 is 17.6 Å². The van der Waals surface area contributed by atoms with E-state index in [-0.39, 0.29) is 23.3 Å². The molecule has 152 valence electrons. The van der Waals surface area contributed by atoms with Crippen molar-refractivity contribution in [3.8, 4) is 0 Å². The van der Waals surface area contributed by atoms with Crippen molar-refractivity contribution in [1.82, 2.24) is 14.9 Å². The second kappa shape index (κ2) is 10.2. The molecule has 0 saturated heterocycles. The molecule has 28 heavy (non-hydrogen) atoms. The van der Waals surface area contributed by atoms with Gasteiger partial charge in [0, 0.05) is 26.2 Å². The number of benzene rings is 2. The summed E-state index contributed by atoms with van der Waals surface area (Å²) in [7, 11) is -3.48. The second-order valence-corrected chi connectivity index (χ2v) is 8.16. The number of carbonyl (C=O) groups is 1. The summed E-state index contributed by atoms with van der Waals surface area (Å²) in [5, 5.41) is 5.43. The standard InChI is InChI=1S/C20H26FN3O3S/c1-3-24(4-2)28(26,27)19-10-8-17(9-11-19)15-23-20(25)22-13-12-16-6-5-7-18(21)14-16/h5-11,14H,3-4,12-13,15H2,1-2H3,(H2,22,23,25). The fraction of sp³-hybridized carbons (Fsp3) is 0.350. The largest absolute Gasteiger partial charge is 0.338 e. The molecule has 0 bridgehead atoms. The van der Waals surface area contributed by atoms with Crippen LogP contribution in [-0.4, -0.2) is 38.4 Å². The molecule has 2 N–H and O–H groups in total. The quantitative estimate of drug-likeness (QED) is 0.671. The number of halogens is 1. The van der Waals surface area contributed by atoms with Crippen molar-refractivity contribution in [2.45, 2.75) is 31.7 Å². The Balaban J connectivity index is 1.81. The van der Waals surface area contributed by atoms with Gasteiger partial charge in [-0.2, -0.15) is 4.31 Å². The van der Waals surface area contributed by atoms with Crippen molar-refractivity contribution in [1.29, 1.82) is 0 Å². The molecule has 0 fully saturated rings. The number of urea groups is 1. The minimum atomic E-state index is -3.48. The third-order valence-corrected chi connectivity index (χ3v) is 6.37. The van der Waals surface area contributed by atoms with Gasteiger partial charge in [-0.15, -0.1) is 0 Å². The van der Waals surface area contributed by atoms with Gasteiger partial charge >= 0.3 is 6.03 Å². The summed E-state index contributed by atoms with van der Waals surface area (Å²) in [6.07, 6.45) is 0.531. The van der Waals surface area contributed by atoms with Crippen LogP contribution >= 0.6 is 0 Å². The van der Waals surface area contributed by atoms with Crippen LogP contribution in [0.15, 0.2) is 53.4 Å². The van der Waals surface area contributed by atoms with Crippen LogP contribution in [0.1, 0.15) is 25.0 Å². The van der Waals surface area contributed by atoms with Crippen molar-refractivity contribution in [2.24, 2.45) is 0 Å². The van der Waals surface area contributed by atoms with Crippen molar-refractivity contribution in [3.05, 3.63) is 65.5 Å². The van der Waals surface area contributed by atoms with Gasteiger partial charge in [0.2, 0.25) is 10.0 Å². The lowest BCUT2D eigenvalue weighted by Crippen LogP contribution is -2.36. The van der Waals surface area contributed by atoms with Crippen LogP contribution in [-0.2, 0) is 23.0 Å². The second-order valence-electron chi connectivity index (χ2n) is 6.22. The summed E-state index contributed by atoms with van der Waals surface area (Å²) in [4.78, 5) is 12.1. The Morgan fingerprint density at radius 3 is 2.29 bits per heavy atom. The lowest BCUT2D eigenvalue weighted by Gasteiger charge is -2.18. The first-order chi connectivity index (χ1) is 13.4. The Hall–Kier alpha value is -2.45. The number of sulfonamides is 1. The first kappa shape index (κ1) is 21.8. The van der Waals surface area contributed by atoms with Crippen molar-refractivity contribution in [3.63, 3.8) is 0 Å². The molecule has 0 heterocycles. The third kappa shape index (κ3) is 6.03. The molecule has 0 saturated carbocycles. The minimum Gasteiger partial charge on any atom is -0.338 e. The van der Waals surface area contributed by atoms with Gasteiger partial charge in [-0.3, -0.25) is 0 Å². The Morgan fingerprint density at radius 2 is 1.68 bits per heavy atom. The Bertz CT molecular complexity index is 882. The molecule has 2 aromatic carbocycles. The van der Waals surface area contributed by atoms with E-state index in [0.717, 1.165) is 11.1 Å². The summed E-state index contributed by atoms with van der Waals surface area (Å²) < 4.78 is 39.4. The van der Waals surface area contributed by atoms with E-state index >= 15 is 0 Å². The average molecular weight is 408 g/mol. The normalized spacial score (nSPS) is 11.4. The zero-order valence-electron chi connectivity index (χ0n) is 16.1. The molecule has 6 nitrogen and oxygen atoms in total. The Labute approximate surface area is 165 Å². The van der Waals surface area contributed by atoms with Gasteiger partial charge in [0.15, 0.2) is 0 Å². The first-order valence-electron chi connectivity index (χ1n) is 9.22. The molecule has 0 aliphatic rings. The van der Waals surface area contributed by atoms with E-state index in [1.54, 1.807) is 50.2 Å². The molecule has 2 rings (SSSR count). The number of rotatable bonds is 9. The minimum absolute atomic E-state index is 0.236. The Kier molecular flexibility index (Phi) is 7.95. The van der Waals surface area contributed by atoms with E-state index in [4.69, 9.17) is 0 Å². The molecule has 0 radical (unpaired) electrons. The molecule has 0 aromatic heterocycles. The maximum Gasteiger partial charge on any atom is 0.315 e. The SMILES string of the molecule is CCN(CC)S(=O)(=O)c1ccc(CNC(=O)NCCc2cccc(F)c2)cc1. The molecule has 0 unspecified atom stereocenters. The fourth-order valence-corrected chi connectivity index (χ4v) is 4.21. The van der Waals surface area contributed by atoms with Crippen LogP contribution in [0.4, 0.5) is 9.18 Å². The number of hydrogen-bond donors (Lipinski definition) is 2. The monoisotopic (exact) mass is 407 g/mol. The highest BCUT2D eigenvalue weighted by Crippen LogP contribution is 2.16. The van der Waals surface area contributed by atoms with E-state index < -0.39 is 10.0 Å². The topological polar surface area (TPSA) is 78.5 Å².